The molecule has 0 fully saturated rings. The fourth-order valence-electron chi connectivity index (χ4n) is 5.46. The molecule has 3 atom stereocenters. The lowest BCUT2D eigenvalue weighted by molar-refractivity contribution is -0.123. The lowest BCUT2D eigenvalue weighted by Gasteiger charge is -2.23. The van der Waals surface area contributed by atoms with E-state index in [-0.39, 0.29) is 25.7 Å². The first-order chi connectivity index (χ1) is 23.4. The number of nitrogens with one attached hydrogen (secondary N) is 1. The minimum Gasteiger partial charge on any atom is -0.387 e. The van der Waals surface area contributed by atoms with Crippen molar-refractivity contribution in [2.75, 3.05) is 19.8 Å². The van der Waals surface area contributed by atoms with Gasteiger partial charge in [0, 0.05) is 13.0 Å². The van der Waals surface area contributed by atoms with Gasteiger partial charge in [0.15, 0.2) is 0 Å². The summed E-state index contributed by atoms with van der Waals surface area (Å²) < 4.78 is 22.0. The lowest BCUT2D eigenvalue weighted by Crippen LogP contribution is -2.45. The SMILES string of the molecule is CCCCCC/C=C/CC/C=C/CC/C=C/C(O)C(COP(=O)(O)OCCN)NC(=O)CCCCCCCCCCCCCCCCC. The zero-order valence-corrected chi connectivity index (χ0v) is 31.9. The summed E-state index contributed by atoms with van der Waals surface area (Å²) in [4.78, 5) is 22.6. The maximum Gasteiger partial charge on any atom is 0.472 e. The number of rotatable bonds is 36. The monoisotopic (exact) mass is 699 g/mol. The van der Waals surface area contributed by atoms with Gasteiger partial charge in [-0.3, -0.25) is 13.8 Å². The molecule has 0 spiro atoms. The normalized spacial score (nSPS) is 14.7. The molecular weight excluding hydrogens is 623 g/mol. The van der Waals surface area contributed by atoms with Gasteiger partial charge in [-0.2, -0.15) is 0 Å². The Balaban J connectivity index is 4.35. The molecule has 3 unspecified atom stereocenters. The van der Waals surface area contributed by atoms with Crippen LogP contribution in [0.2, 0.25) is 0 Å². The van der Waals surface area contributed by atoms with E-state index in [2.05, 4.69) is 43.5 Å². The Morgan fingerprint density at radius 3 is 1.60 bits per heavy atom. The fraction of sp³-hybridized carbons (Fsp3) is 0.821. The Morgan fingerprint density at radius 1 is 0.667 bits per heavy atom. The number of carbonyl (C=O) groups excluding carboxylic acids is 1. The molecule has 0 rings (SSSR count). The molecule has 0 aliphatic heterocycles. The minimum atomic E-state index is -4.34. The Labute approximate surface area is 295 Å². The highest BCUT2D eigenvalue weighted by Crippen LogP contribution is 2.43. The summed E-state index contributed by atoms with van der Waals surface area (Å²) in [5, 5.41) is 13.6. The Kier molecular flexibility index (Phi) is 34.6. The molecule has 0 heterocycles. The predicted octanol–water partition coefficient (Wildman–Crippen LogP) is 10.4. The number of hydrogen-bond acceptors (Lipinski definition) is 6. The van der Waals surface area contributed by atoms with Crippen molar-refractivity contribution < 1.29 is 28.4 Å². The van der Waals surface area contributed by atoms with E-state index in [4.69, 9.17) is 14.8 Å². The maximum atomic E-state index is 12.7. The molecular formula is C39H75N2O6P. The Morgan fingerprint density at radius 2 is 1.10 bits per heavy atom. The van der Waals surface area contributed by atoms with Crippen molar-refractivity contribution in [3.05, 3.63) is 36.5 Å². The van der Waals surface area contributed by atoms with E-state index in [1.807, 2.05) is 6.08 Å². The third-order valence-electron chi connectivity index (χ3n) is 8.45. The van der Waals surface area contributed by atoms with E-state index in [9.17, 15) is 19.4 Å². The van der Waals surface area contributed by atoms with Crippen molar-refractivity contribution >= 4 is 13.7 Å². The van der Waals surface area contributed by atoms with E-state index >= 15 is 0 Å². The minimum absolute atomic E-state index is 0.0724. The molecule has 0 saturated heterocycles. The zero-order chi connectivity index (χ0) is 35.4. The summed E-state index contributed by atoms with van der Waals surface area (Å²) in [6.45, 7) is 4.07. The van der Waals surface area contributed by atoms with Crippen LogP contribution in [0.15, 0.2) is 36.5 Å². The summed E-state index contributed by atoms with van der Waals surface area (Å²) in [6.07, 6.45) is 40.4. The van der Waals surface area contributed by atoms with Crippen molar-refractivity contribution in [3.8, 4) is 0 Å². The molecule has 0 radical (unpaired) electrons. The molecule has 282 valence electrons. The topological polar surface area (TPSA) is 131 Å². The highest BCUT2D eigenvalue weighted by atomic mass is 31.2. The second-order valence-corrected chi connectivity index (χ2v) is 14.6. The highest BCUT2D eigenvalue weighted by Gasteiger charge is 2.26. The second-order valence-electron chi connectivity index (χ2n) is 13.1. The van der Waals surface area contributed by atoms with Crippen LogP contribution in [0.4, 0.5) is 0 Å². The number of nitrogens with two attached hydrogens (primary N) is 1. The number of phosphoric ester groups is 1. The number of amides is 1. The van der Waals surface area contributed by atoms with Crippen LogP contribution in [-0.4, -0.2) is 47.8 Å². The third kappa shape index (κ3) is 33.2. The van der Waals surface area contributed by atoms with Crippen LogP contribution in [0.3, 0.4) is 0 Å². The smallest absolute Gasteiger partial charge is 0.387 e. The van der Waals surface area contributed by atoms with Crippen LogP contribution in [0.5, 0.6) is 0 Å². The molecule has 0 aromatic rings. The molecule has 48 heavy (non-hydrogen) atoms. The van der Waals surface area contributed by atoms with Gasteiger partial charge >= 0.3 is 7.82 Å². The van der Waals surface area contributed by atoms with Gasteiger partial charge in [0.1, 0.15) is 0 Å². The van der Waals surface area contributed by atoms with Gasteiger partial charge in [0.2, 0.25) is 5.91 Å². The standard InChI is InChI=1S/C39H75N2O6P/c1-3-5-7-9-11-13-15-17-19-21-23-25-27-29-31-33-39(43)41-37(36-47-48(44,45)46-35-34-40)38(42)32-30-28-26-24-22-20-18-16-14-12-10-8-6-4-2/h14,16,22,24,30,32,37-38,42H,3-13,15,17-21,23,25-29,31,33-36,40H2,1-2H3,(H,41,43)(H,44,45)/b16-14+,24-22+,32-30+. The van der Waals surface area contributed by atoms with E-state index in [1.165, 1.54) is 109 Å². The Hall–Kier alpha value is -1.28. The molecule has 1 amide bonds. The van der Waals surface area contributed by atoms with Crippen molar-refractivity contribution in [3.63, 3.8) is 0 Å². The fourth-order valence-corrected chi connectivity index (χ4v) is 6.22. The number of phosphoric acid groups is 1. The highest BCUT2D eigenvalue weighted by molar-refractivity contribution is 7.47. The van der Waals surface area contributed by atoms with Crippen LogP contribution in [0.1, 0.15) is 174 Å². The zero-order valence-electron chi connectivity index (χ0n) is 31.0. The maximum absolute atomic E-state index is 12.7. The van der Waals surface area contributed by atoms with E-state index in [1.54, 1.807) is 6.08 Å². The predicted molar refractivity (Wildman–Crippen MR) is 203 cm³/mol. The van der Waals surface area contributed by atoms with Crippen molar-refractivity contribution in [2.45, 2.75) is 187 Å². The van der Waals surface area contributed by atoms with E-state index in [0.717, 1.165) is 44.9 Å². The molecule has 0 saturated carbocycles. The van der Waals surface area contributed by atoms with Gasteiger partial charge in [-0.05, 0) is 44.9 Å². The number of carbonyl (C=O) groups is 1. The van der Waals surface area contributed by atoms with Crippen LogP contribution in [0.25, 0.3) is 0 Å². The van der Waals surface area contributed by atoms with Gasteiger partial charge in [-0.1, -0.05) is 159 Å². The van der Waals surface area contributed by atoms with E-state index < -0.39 is 20.0 Å². The van der Waals surface area contributed by atoms with Gasteiger partial charge in [-0.25, -0.2) is 4.57 Å². The van der Waals surface area contributed by atoms with Gasteiger partial charge in [0.05, 0.1) is 25.4 Å². The van der Waals surface area contributed by atoms with Crippen molar-refractivity contribution in [1.82, 2.24) is 5.32 Å². The van der Waals surface area contributed by atoms with Crippen LogP contribution >= 0.6 is 7.82 Å². The first kappa shape index (κ1) is 46.7. The number of aliphatic hydroxyl groups excluding tert-OH is 1. The van der Waals surface area contributed by atoms with Gasteiger partial charge < -0.3 is 21.1 Å². The summed E-state index contributed by atoms with van der Waals surface area (Å²) in [5.74, 6) is -0.209. The first-order valence-electron chi connectivity index (χ1n) is 19.6. The molecule has 0 aliphatic rings. The largest absolute Gasteiger partial charge is 0.472 e. The molecule has 0 bridgehead atoms. The quantitative estimate of drug-likeness (QED) is 0.0291. The lowest BCUT2D eigenvalue weighted by atomic mass is 10.0. The van der Waals surface area contributed by atoms with Crippen LogP contribution < -0.4 is 11.1 Å². The van der Waals surface area contributed by atoms with Gasteiger partial charge in [-0.15, -0.1) is 0 Å². The third-order valence-corrected chi connectivity index (χ3v) is 9.43. The van der Waals surface area contributed by atoms with Crippen LogP contribution in [0, 0.1) is 0 Å². The van der Waals surface area contributed by atoms with Crippen molar-refractivity contribution in [1.29, 1.82) is 0 Å². The molecule has 5 N–H and O–H groups in total. The molecule has 0 aliphatic carbocycles. The summed E-state index contributed by atoms with van der Waals surface area (Å²) in [7, 11) is -4.34. The summed E-state index contributed by atoms with van der Waals surface area (Å²) >= 11 is 0. The average Bonchev–Trinajstić information content (AvgIpc) is 3.07. The average molecular weight is 699 g/mol. The molecule has 8 nitrogen and oxygen atoms in total. The second kappa shape index (κ2) is 35.5. The summed E-state index contributed by atoms with van der Waals surface area (Å²) in [6, 6.07) is -0.878. The van der Waals surface area contributed by atoms with E-state index in [0.29, 0.717) is 6.42 Å². The number of hydrogen-bond donors (Lipinski definition) is 4. The Bertz CT molecular complexity index is 850. The van der Waals surface area contributed by atoms with Crippen molar-refractivity contribution in [2.24, 2.45) is 5.73 Å². The first-order valence-corrected chi connectivity index (χ1v) is 21.1. The van der Waals surface area contributed by atoms with Gasteiger partial charge in [0.25, 0.3) is 0 Å². The number of unbranched alkanes of at least 4 members (excludes halogenated alkanes) is 20. The molecule has 9 heteroatoms. The molecule has 0 aromatic heterocycles. The molecule has 0 aromatic carbocycles. The summed E-state index contributed by atoms with van der Waals surface area (Å²) in [5.41, 5.74) is 5.35. The number of allylic oxidation sites excluding steroid dienone is 5. The number of aliphatic hydroxyl groups is 1. The van der Waals surface area contributed by atoms with Crippen LogP contribution in [-0.2, 0) is 18.4 Å².